The quantitative estimate of drug-likeness (QED) is 0.0336. The molecule has 1 fully saturated rings. The number of ketones is 3. The zero-order valence-corrected chi connectivity index (χ0v) is 35.7. The first-order valence-electron chi connectivity index (χ1n) is 18.3. The molecule has 4 aromatic rings. The van der Waals surface area contributed by atoms with Crippen LogP contribution in [0.5, 0.6) is 11.5 Å². The van der Waals surface area contributed by atoms with Gasteiger partial charge in [0.1, 0.15) is 34.0 Å². The summed E-state index contributed by atoms with van der Waals surface area (Å²) in [5.74, 6) is -2.86. The lowest BCUT2D eigenvalue weighted by Crippen LogP contribution is -2.43. The largest absolute Gasteiger partial charge is 0.456 e. The minimum Gasteiger partial charge on any atom is -0.456 e. The summed E-state index contributed by atoms with van der Waals surface area (Å²) in [6, 6.07) is 20.5. The van der Waals surface area contributed by atoms with Crippen LogP contribution >= 0.6 is 23.2 Å². The summed E-state index contributed by atoms with van der Waals surface area (Å²) < 4.78 is 33.6. The number of hydrogen-bond acceptors (Lipinski definition) is 13. The van der Waals surface area contributed by atoms with Crippen molar-refractivity contribution in [2.45, 2.75) is 57.4 Å². The molecule has 16 nitrogen and oxygen atoms in total. The minimum absolute atomic E-state index is 0.0223. The van der Waals surface area contributed by atoms with E-state index >= 15 is 0 Å². The summed E-state index contributed by atoms with van der Waals surface area (Å²) in [6.45, 7) is 6.56. The molecule has 0 radical (unpaired) electrons. The van der Waals surface area contributed by atoms with E-state index in [2.05, 4.69) is 13.0 Å². The van der Waals surface area contributed by atoms with Crippen molar-refractivity contribution in [3.63, 3.8) is 0 Å². The van der Waals surface area contributed by atoms with Gasteiger partial charge in [-0.1, -0.05) is 54.9 Å². The van der Waals surface area contributed by atoms with Crippen molar-refractivity contribution in [3.05, 3.63) is 121 Å². The van der Waals surface area contributed by atoms with E-state index in [9.17, 15) is 47.8 Å². The van der Waals surface area contributed by atoms with E-state index in [-0.39, 0.29) is 57.7 Å². The number of nitro groups is 2. The average Bonchev–Trinajstić information content (AvgIpc) is 3.20. The number of nitrogens with zero attached hydrogens (tertiary/aromatic N) is 3. The number of halogens is 2. The Balaban J connectivity index is 0.000000242. The molecule has 1 saturated carbocycles. The summed E-state index contributed by atoms with van der Waals surface area (Å²) >= 11 is 11.7. The Morgan fingerprint density at radius 2 is 1.57 bits per heavy atom. The molecule has 1 amide bonds. The number of Topliss-reactive ketones (excluding diaryl/α,β-unsaturated/α-hetero) is 3. The Bertz CT molecular complexity index is 2350. The van der Waals surface area contributed by atoms with Crippen LogP contribution in [-0.2, 0) is 35.4 Å². The number of alkyl halides is 1. The number of amides is 1. The maximum Gasteiger partial charge on any atom is 0.293 e. The number of nitrogen functional groups attached to an aromatic ring is 1. The number of carbonyl (C=O) groups excluding carboxylic acids is 4. The van der Waals surface area contributed by atoms with Crippen molar-refractivity contribution in [1.82, 2.24) is 0 Å². The maximum absolute atomic E-state index is 12.4. The van der Waals surface area contributed by atoms with Crippen molar-refractivity contribution < 1.29 is 46.9 Å². The van der Waals surface area contributed by atoms with Crippen LogP contribution < -0.4 is 15.4 Å². The van der Waals surface area contributed by atoms with Gasteiger partial charge in [0.15, 0.2) is 27.2 Å². The van der Waals surface area contributed by atoms with Gasteiger partial charge in [-0.2, -0.15) is 0 Å². The molecular formula is C41H44Cl2N4O12S. The SMILES string of the molecule is CCc1cccc(C)c1N(C(=O)CCl)C(C)COC.CS(=O)(=O)c1ccc(C(=O)C2C(=O)CCCC2=O)c([N+](=O)[O-])c1.Nc1c([N+](=O)[O-])ccc(Oc2ccccc2)c1Cl. The topological polar surface area (TPSA) is 236 Å². The molecule has 1 aliphatic carbocycles. The van der Waals surface area contributed by atoms with E-state index in [4.69, 9.17) is 38.4 Å². The average molecular weight is 888 g/mol. The molecule has 1 aliphatic rings. The number of anilines is 2. The molecule has 0 saturated heterocycles. The van der Waals surface area contributed by atoms with Gasteiger partial charge >= 0.3 is 0 Å². The predicted molar refractivity (Wildman–Crippen MR) is 227 cm³/mol. The molecular weight excluding hydrogens is 843 g/mol. The van der Waals surface area contributed by atoms with Crippen molar-refractivity contribution in [2.24, 2.45) is 5.92 Å². The Kier molecular flexibility index (Phi) is 17.8. The van der Waals surface area contributed by atoms with Crippen LogP contribution in [0.25, 0.3) is 0 Å². The van der Waals surface area contributed by atoms with Gasteiger partial charge in [0, 0.05) is 38.3 Å². The summed E-state index contributed by atoms with van der Waals surface area (Å²) in [4.78, 5) is 70.0. The first-order valence-corrected chi connectivity index (χ1v) is 21.1. The van der Waals surface area contributed by atoms with E-state index in [0.29, 0.717) is 18.8 Å². The number of ether oxygens (including phenoxy) is 2. The van der Waals surface area contributed by atoms with Gasteiger partial charge in [0.25, 0.3) is 11.4 Å². The molecule has 2 N–H and O–H groups in total. The van der Waals surface area contributed by atoms with Crippen molar-refractivity contribution in [1.29, 1.82) is 0 Å². The molecule has 1 unspecified atom stereocenters. The first kappa shape index (κ1) is 48.6. The highest BCUT2D eigenvalue weighted by Gasteiger charge is 2.39. The number of benzene rings is 4. The fraction of sp³-hybridized carbons (Fsp3) is 0.317. The van der Waals surface area contributed by atoms with Gasteiger partial charge in [-0.25, -0.2) is 8.42 Å². The lowest BCUT2D eigenvalue weighted by molar-refractivity contribution is -0.385. The lowest BCUT2D eigenvalue weighted by atomic mass is 9.81. The van der Waals surface area contributed by atoms with Crippen LogP contribution in [0.3, 0.4) is 0 Å². The van der Waals surface area contributed by atoms with Crippen LogP contribution in [0.15, 0.2) is 83.8 Å². The number of nitro benzene ring substituents is 2. The second-order valence-electron chi connectivity index (χ2n) is 13.4. The monoisotopic (exact) mass is 886 g/mol. The summed E-state index contributed by atoms with van der Waals surface area (Å²) in [7, 11) is -2.06. The molecule has 5 rings (SSSR count). The third-order valence-corrected chi connectivity index (χ3v) is 10.8. The van der Waals surface area contributed by atoms with Gasteiger partial charge in [-0.3, -0.25) is 39.4 Å². The number of para-hydroxylation sites is 2. The number of aryl methyl sites for hydroxylation is 2. The van der Waals surface area contributed by atoms with E-state index < -0.39 is 54.2 Å². The number of methoxy groups -OCH3 is 1. The summed E-state index contributed by atoms with van der Waals surface area (Å²) in [5.41, 5.74) is 7.29. The summed E-state index contributed by atoms with van der Waals surface area (Å²) in [6.07, 6.45) is 2.25. The Labute approximate surface area is 356 Å². The molecule has 0 bridgehead atoms. The second-order valence-corrected chi connectivity index (χ2v) is 16.1. The molecule has 4 aromatic carbocycles. The molecule has 19 heteroatoms. The van der Waals surface area contributed by atoms with Crippen LogP contribution in [-0.4, -0.2) is 73.4 Å². The second kappa shape index (κ2) is 22.0. The lowest BCUT2D eigenvalue weighted by Gasteiger charge is -2.31. The number of nitrogens with two attached hydrogens (primary N) is 1. The van der Waals surface area contributed by atoms with Crippen molar-refractivity contribution >= 4 is 79.0 Å². The molecule has 0 aliphatic heterocycles. The zero-order valence-electron chi connectivity index (χ0n) is 33.4. The highest BCUT2D eigenvalue weighted by molar-refractivity contribution is 7.90. The van der Waals surface area contributed by atoms with E-state index in [0.717, 1.165) is 47.7 Å². The Morgan fingerprint density at radius 1 is 0.950 bits per heavy atom. The molecule has 60 heavy (non-hydrogen) atoms. The third kappa shape index (κ3) is 12.4. The Morgan fingerprint density at radius 3 is 2.10 bits per heavy atom. The van der Waals surface area contributed by atoms with Gasteiger partial charge in [-0.15, -0.1) is 11.6 Å². The molecule has 1 atom stereocenters. The van der Waals surface area contributed by atoms with E-state index in [1.165, 1.54) is 12.1 Å². The highest BCUT2D eigenvalue weighted by Crippen LogP contribution is 2.39. The number of sulfone groups is 1. The molecule has 0 spiro atoms. The van der Waals surface area contributed by atoms with Crippen LogP contribution in [0.2, 0.25) is 5.02 Å². The summed E-state index contributed by atoms with van der Waals surface area (Å²) in [5, 5.41) is 21.8. The molecule has 0 aromatic heterocycles. The normalized spacial score (nSPS) is 13.2. The van der Waals surface area contributed by atoms with Crippen LogP contribution in [0, 0.1) is 33.1 Å². The minimum atomic E-state index is -3.70. The standard InChI is InChI=1S/C15H22ClNO2.C14H13NO7S.C12H9ClN2O3/c1-5-13-8-6-7-11(2)15(13)17(14(18)9-16)12(3)10-19-4;1-23(21,22)8-5-6-9(10(7-8)15(19)20)14(18)13-11(16)3-2-4-12(13)17;13-11-10(18-8-4-2-1-3-5-8)7-6-9(12(11)14)15(16)17/h6-8,12H,5,9-10H2,1-4H3;5-7,13H,2-4H2,1H3;1-7H,14H2. The van der Waals surface area contributed by atoms with Crippen LogP contribution in [0.4, 0.5) is 22.7 Å². The number of rotatable bonds is 13. The number of hydrogen-bond donors (Lipinski definition) is 1. The zero-order chi connectivity index (χ0) is 44.9. The first-order chi connectivity index (χ1) is 28.3. The van der Waals surface area contributed by atoms with Gasteiger partial charge in [0.2, 0.25) is 5.91 Å². The van der Waals surface area contributed by atoms with Gasteiger partial charge in [0.05, 0.1) is 38.6 Å². The van der Waals surface area contributed by atoms with E-state index in [1.54, 1.807) is 36.3 Å². The van der Waals surface area contributed by atoms with E-state index in [1.807, 2.05) is 32.0 Å². The third-order valence-electron chi connectivity index (χ3n) is 9.08. The van der Waals surface area contributed by atoms with Gasteiger partial charge < -0.3 is 20.1 Å². The van der Waals surface area contributed by atoms with Crippen molar-refractivity contribution in [2.75, 3.05) is 36.5 Å². The number of carbonyl (C=O) groups is 4. The fourth-order valence-corrected chi connectivity index (χ4v) is 7.16. The smallest absolute Gasteiger partial charge is 0.293 e. The van der Waals surface area contributed by atoms with Gasteiger partial charge in [-0.05, 0) is 68.1 Å². The fourth-order valence-electron chi connectivity index (χ4n) is 6.19. The Hall–Kier alpha value is -5.75. The molecule has 0 heterocycles. The maximum atomic E-state index is 12.4. The highest BCUT2D eigenvalue weighted by atomic mass is 35.5. The predicted octanol–water partition coefficient (Wildman–Crippen LogP) is 7.91. The van der Waals surface area contributed by atoms with Crippen LogP contribution in [0.1, 0.15) is 54.6 Å². The van der Waals surface area contributed by atoms with Crippen molar-refractivity contribution in [3.8, 4) is 11.5 Å². The molecule has 320 valence electrons.